The van der Waals surface area contributed by atoms with Crippen LogP contribution in [0.1, 0.15) is 29.2 Å². The normalized spacial score (nSPS) is 17.0. The number of benzene rings is 2. The van der Waals surface area contributed by atoms with E-state index in [-0.39, 0.29) is 11.8 Å². The van der Waals surface area contributed by atoms with Gasteiger partial charge in [-0.05, 0) is 23.9 Å². The first-order chi connectivity index (χ1) is 11.2. The van der Waals surface area contributed by atoms with E-state index in [2.05, 4.69) is 16.5 Å². The topological polar surface area (TPSA) is 64.4 Å². The van der Waals surface area contributed by atoms with Crippen molar-refractivity contribution in [3.63, 3.8) is 0 Å². The number of hydrogen-bond acceptors (Lipinski definition) is 4. The highest BCUT2D eigenvalue weighted by atomic mass is 16.5. The lowest BCUT2D eigenvalue weighted by Gasteiger charge is -2.23. The van der Waals surface area contributed by atoms with Crippen LogP contribution in [0.3, 0.4) is 0 Å². The van der Waals surface area contributed by atoms with E-state index >= 15 is 0 Å². The Morgan fingerprint density at radius 3 is 2.78 bits per heavy atom. The second-order valence-electron chi connectivity index (χ2n) is 5.72. The van der Waals surface area contributed by atoms with Crippen LogP contribution in [0.5, 0.6) is 5.75 Å². The van der Waals surface area contributed by atoms with Crippen LogP contribution in [0.25, 0.3) is 10.8 Å². The third kappa shape index (κ3) is 2.08. The zero-order valence-electron chi connectivity index (χ0n) is 12.9. The number of methoxy groups -OCH3 is 1. The first kappa shape index (κ1) is 13.8. The number of fused-ring (bicyclic) bond motifs is 2. The molecule has 0 aliphatic carbocycles. The molecule has 0 radical (unpaired) electrons. The Labute approximate surface area is 133 Å². The quantitative estimate of drug-likeness (QED) is 0.785. The maximum Gasteiger partial charge on any atom is 0.235 e. The summed E-state index contributed by atoms with van der Waals surface area (Å²) in [4.78, 5) is 12.1. The van der Waals surface area contributed by atoms with Crippen molar-refractivity contribution in [2.75, 3.05) is 12.4 Å². The summed E-state index contributed by atoms with van der Waals surface area (Å²) in [5, 5.41) is 8.88. The average Bonchev–Trinajstić information content (AvgIpc) is 2.94. The standard InChI is InChI=1S/C18H16N2O3/c1-10-17-14(9-16(21)19-18(17)23-20-10)12-7-8-15(22-2)13-6-4-3-5-11(12)13/h3-8,14H,9H2,1-2H3,(H,19,21)/t14-/m0/s1. The molecule has 2 aromatic carbocycles. The van der Waals surface area contributed by atoms with Crippen molar-refractivity contribution >= 4 is 22.6 Å². The molecule has 1 aromatic heterocycles. The Balaban J connectivity index is 1.97. The van der Waals surface area contributed by atoms with E-state index in [1.165, 1.54) is 0 Å². The molecule has 1 atom stereocenters. The summed E-state index contributed by atoms with van der Waals surface area (Å²) in [5.74, 6) is 1.16. The summed E-state index contributed by atoms with van der Waals surface area (Å²) in [6.07, 6.45) is 0.380. The fraction of sp³-hybridized carbons (Fsp3) is 0.222. The van der Waals surface area contributed by atoms with E-state index in [9.17, 15) is 4.79 Å². The molecule has 0 saturated heterocycles. The maximum absolute atomic E-state index is 12.1. The monoisotopic (exact) mass is 308 g/mol. The van der Waals surface area contributed by atoms with E-state index < -0.39 is 0 Å². The van der Waals surface area contributed by atoms with Gasteiger partial charge in [0.05, 0.1) is 12.8 Å². The van der Waals surface area contributed by atoms with E-state index in [0.717, 1.165) is 33.3 Å². The number of aromatic nitrogens is 1. The fourth-order valence-electron chi connectivity index (χ4n) is 3.38. The van der Waals surface area contributed by atoms with E-state index in [4.69, 9.17) is 9.26 Å². The van der Waals surface area contributed by atoms with Crippen molar-refractivity contribution in [2.24, 2.45) is 0 Å². The van der Waals surface area contributed by atoms with E-state index in [0.29, 0.717) is 12.3 Å². The van der Waals surface area contributed by atoms with Crippen molar-refractivity contribution < 1.29 is 14.1 Å². The van der Waals surface area contributed by atoms with Crippen molar-refractivity contribution in [3.8, 4) is 5.75 Å². The predicted octanol–water partition coefficient (Wildman–Crippen LogP) is 3.62. The van der Waals surface area contributed by atoms with Gasteiger partial charge >= 0.3 is 0 Å². The molecule has 3 aromatic rings. The smallest absolute Gasteiger partial charge is 0.235 e. The lowest BCUT2D eigenvalue weighted by molar-refractivity contribution is -0.116. The van der Waals surface area contributed by atoms with Gasteiger partial charge in [0.15, 0.2) is 0 Å². The summed E-state index contributed by atoms with van der Waals surface area (Å²) in [7, 11) is 1.66. The van der Waals surface area contributed by atoms with Gasteiger partial charge in [-0.1, -0.05) is 35.5 Å². The number of aryl methyl sites for hydroxylation is 1. The SMILES string of the molecule is COc1ccc([C@@H]2CC(=O)Nc3onc(C)c32)c2ccccc12. The number of ether oxygens (including phenoxy) is 1. The van der Waals surface area contributed by atoms with Gasteiger partial charge in [0.25, 0.3) is 0 Å². The number of nitrogens with one attached hydrogen (secondary N) is 1. The first-order valence-corrected chi connectivity index (χ1v) is 7.50. The third-order valence-corrected chi connectivity index (χ3v) is 4.41. The van der Waals surface area contributed by atoms with Gasteiger partial charge in [0.1, 0.15) is 5.75 Å². The molecule has 23 heavy (non-hydrogen) atoms. The summed E-state index contributed by atoms with van der Waals surface area (Å²) in [6, 6.07) is 12.0. The van der Waals surface area contributed by atoms with E-state index in [1.807, 2.05) is 37.3 Å². The Bertz CT molecular complexity index is 914. The number of rotatable bonds is 2. The Morgan fingerprint density at radius 1 is 1.22 bits per heavy atom. The summed E-state index contributed by atoms with van der Waals surface area (Å²) < 4.78 is 10.7. The lowest BCUT2D eigenvalue weighted by atomic mass is 9.83. The minimum atomic E-state index is -0.0687. The molecular weight excluding hydrogens is 292 g/mol. The molecule has 5 nitrogen and oxygen atoms in total. The lowest BCUT2D eigenvalue weighted by Crippen LogP contribution is -2.23. The minimum Gasteiger partial charge on any atom is -0.496 e. The molecule has 0 unspecified atom stereocenters. The predicted molar refractivity (Wildman–Crippen MR) is 86.8 cm³/mol. The molecule has 1 aliphatic heterocycles. The van der Waals surface area contributed by atoms with E-state index in [1.54, 1.807) is 7.11 Å². The van der Waals surface area contributed by atoms with Gasteiger partial charge in [-0.2, -0.15) is 0 Å². The van der Waals surface area contributed by atoms with Crippen molar-refractivity contribution in [2.45, 2.75) is 19.3 Å². The molecule has 0 saturated carbocycles. The van der Waals surface area contributed by atoms with Crippen molar-refractivity contribution in [1.29, 1.82) is 0 Å². The number of carbonyl (C=O) groups is 1. The number of hydrogen-bond donors (Lipinski definition) is 1. The second-order valence-corrected chi connectivity index (χ2v) is 5.72. The molecule has 1 N–H and O–H groups in total. The fourth-order valence-corrected chi connectivity index (χ4v) is 3.38. The van der Waals surface area contributed by atoms with Crippen LogP contribution < -0.4 is 10.1 Å². The molecule has 2 heterocycles. The highest BCUT2D eigenvalue weighted by molar-refractivity contribution is 5.97. The zero-order valence-corrected chi connectivity index (χ0v) is 12.9. The molecule has 116 valence electrons. The Morgan fingerprint density at radius 2 is 2.00 bits per heavy atom. The summed E-state index contributed by atoms with van der Waals surface area (Å²) in [6.45, 7) is 1.90. The van der Waals surface area contributed by atoms with Crippen molar-refractivity contribution in [3.05, 3.63) is 53.2 Å². The van der Waals surface area contributed by atoms with Crippen molar-refractivity contribution in [1.82, 2.24) is 5.16 Å². The number of nitrogens with zero attached hydrogens (tertiary/aromatic N) is 1. The molecule has 0 spiro atoms. The van der Waals surface area contributed by atoms with Crippen LogP contribution in [0.2, 0.25) is 0 Å². The highest BCUT2D eigenvalue weighted by Gasteiger charge is 2.33. The molecule has 5 heteroatoms. The van der Waals surface area contributed by atoms with Crippen LogP contribution in [0.4, 0.5) is 5.88 Å². The number of amides is 1. The van der Waals surface area contributed by atoms with Gasteiger partial charge < -0.3 is 9.26 Å². The second kappa shape index (κ2) is 5.12. The molecule has 0 fully saturated rings. The van der Waals surface area contributed by atoms with Gasteiger partial charge in [-0.3, -0.25) is 10.1 Å². The zero-order chi connectivity index (χ0) is 16.0. The Hall–Kier alpha value is -2.82. The van der Waals surface area contributed by atoms with Gasteiger partial charge in [0.2, 0.25) is 11.8 Å². The van der Waals surface area contributed by atoms with Crippen LogP contribution in [-0.4, -0.2) is 18.2 Å². The number of carbonyl (C=O) groups excluding carboxylic acids is 1. The average molecular weight is 308 g/mol. The largest absolute Gasteiger partial charge is 0.496 e. The first-order valence-electron chi connectivity index (χ1n) is 7.50. The van der Waals surface area contributed by atoms with Gasteiger partial charge in [-0.25, -0.2) is 0 Å². The summed E-state index contributed by atoms with van der Waals surface area (Å²) >= 11 is 0. The maximum atomic E-state index is 12.1. The van der Waals surface area contributed by atoms with Crippen LogP contribution >= 0.6 is 0 Å². The Kier molecular flexibility index (Phi) is 3.08. The molecular formula is C18H16N2O3. The minimum absolute atomic E-state index is 0.0569. The molecule has 4 rings (SSSR count). The van der Waals surface area contributed by atoms with Gasteiger partial charge in [0, 0.05) is 23.3 Å². The van der Waals surface area contributed by atoms with Gasteiger partial charge in [-0.15, -0.1) is 0 Å². The summed E-state index contributed by atoms with van der Waals surface area (Å²) in [5.41, 5.74) is 2.86. The molecule has 0 bridgehead atoms. The molecule has 1 amide bonds. The highest BCUT2D eigenvalue weighted by Crippen LogP contribution is 2.42. The van der Waals surface area contributed by atoms with Crippen LogP contribution in [-0.2, 0) is 4.79 Å². The molecule has 1 aliphatic rings. The third-order valence-electron chi connectivity index (χ3n) is 4.41. The van der Waals surface area contributed by atoms with Crippen LogP contribution in [0, 0.1) is 6.92 Å². The van der Waals surface area contributed by atoms with Crippen LogP contribution in [0.15, 0.2) is 40.9 Å². The number of anilines is 1.